The number of ether oxygens (including phenoxy) is 1. The molecule has 0 atom stereocenters. The van der Waals surface area contributed by atoms with E-state index in [0.717, 1.165) is 3.57 Å². The van der Waals surface area contributed by atoms with Crippen molar-refractivity contribution in [2.24, 2.45) is 0 Å². The van der Waals surface area contributed by atoms with Gasteiger partial charge in [-0.2, -0.15) is 0 Å². The van der Waals surface area contributed by atoms with Gasteiger partial charge in [0, 0.05) is 6.20 Å². The number of carbonyl (C=O) groups is 1. The molecular weight excluding hydrogens is 415 g/mol. The Labute approximate surface area is 124 Å². The van der Waals surface area contributed by atoms with E-state index in [4.69, 9.17) is 9.84 Å². The minimum Gasteiger partial charge on any atom is -0.478 e. The van der Waals surface area contributed by atoms with Crippen LogP contribution in [0.25, 0.3) is 0 Å². The summed E-state index contributed by atoms with van der Waals surface area (Å²) in [7, 11) is 0. The first kappa shape index (κ1) is 13.2. The summed E-state index contributed by atoms with van der Waals surface area (Å²) >= 11 is 5.34. The molecule has 0 saturated carbocycles. The second-order valence-corrected chi connectivity index (χ2v) is 5.24. The number of aromatic carboxylic acids is 1. The molecule has 1 aromatic heterocycles. The van der Waals surface area contributed by atoms with Crippen LogP contribution in [0.1, 0.15) is 10.4 Å². The molecular formula is C11H6BrIN2O3. The van der Waals surface area contributed by atoms with Gasteiger partial charge in [-0.3, -0.25) is 0 Å². The molecule has 0 fully saturated rings. The Hall–Kier alpha value is -1.22. The third-order valence-corrected chi connectivity index (χ3v) is 3.41. The van der Waals surface area contributed by atoms with Gasteiger partial charge in [0.1, 0.15) is 12.1 Å². The van der Waals surface area contributed by atoms with Crippen molar-refractivity contribution >= 4 is 44.5 Å². The van der Waals surface area contributed by atoms with Crippen LogP contribution in [-0.4, -0.2) is 21.0 Å². The second kappa shape index (κ2) is 5.61. The van der Waals surface area contributed by atoms with Crippen molar-refractivity contribution in [1.29, 1.82) is 0 Å². The zero-order valence-corrected chi connectivity index (χ0v) is 12.5. The molecule has 0 bridgehead atoms. The van der Waals surface area contributed by atoms with Crippen LogP contribution in [0.2, 0.25) is 0 Å². The van der Waals surface area contributed by atoms with Crippen molar-refractivity contribution in [3.63, 3.8) is 0 Å². The van der Waals surface area contributed by atoms with Crippen LogP contribution in [0.3, 0.4) is 0 Å². The molecule has 92 valence electrons. The molecule has 1 heterocycles. The van der Waals surface area contributed by atoms with E-state index in [1.807, 2.05) is 22.6 Å². The topological polar surface area (TPSA) is 72.3 Å². The molecule has 0 saturated heterocycles. The molecule has 0 spiro atoms. The average Bonchev–Trinajstić information content (AvgIpc) is 2.34. The molecule has 0 radical (unpaired) electrons. The summed E-state index contributed by atoms with van der Waals surface area (Å²) in [6, 6.07) is 4.54. The number of aromatic nitrogens is 2. The van der Waals surface area contributed by atoms with Gasteiger partial charge in [0.05, 0.1) is 13.6 Å². The quantitative estimate of drug-likeness (QED) is 0.771. The van der Waals surface area contributed by atoms with Crippen LogP contribution in [0.15, 0.2) is 35.2 Å². The maximum atomic E-state index is 10.9. The Kier molecular flexibility index (Phi) is 4.12. The van der Waals surface area contributed by atoms with Gasteiger partial charge in [-0.05, 0) is 56.7 Å². The van der Waals surface area contributed by atoms with Gasteiger partial charge in [0.15, 0.2) is 0 Å². The molecule has 5 nitrogen and oxygen atoms in total. The molecule has 0 aliphatic rings. The monoisotopic (exact) mass is 420 g/mol. The third-order valence-electron chi connectivity index (χ3n) is 2.02. The highest BCUT2D eigenvalue weighted by Crippen LogP contribution is 2.31. The van der Waals surface area contributed by atoms with E-state index in [9.17, 15) is 4.79 Å². The van der Waals surface area contributed by atoms with Crippen LogP contribution in [0.5, 0.6) is 11.6 Å². The molecule has 0 aliphatic carbocycles. The Morgan fingerprint density at radius 2 is 2.22 bits per heavy atom. The molecule has 0 unspecified atom stereocenters. The molecule has 0 aliphatic heterocycles. The number of nitrogens with zero attached hydrogens (tertiary/aromatic N) is 2. The Morgan fingerprint density at radius 1 is 1.44 bits per heavy atom. The molecule has 0 amide bonds. The SMILES string of the molecule is O=C(O)c1ccc(Br)c(Oc2ncncc2I)c1. The van der Waals surface area contributed by atoms with Gasteiger partial charge < -0.3 is 9.84 Å². The van der Waals surface area contributed by atoms with E-state index in [1.165, 1.54) is 18.5 Å². The van der Waals surface area contributed by atoms with Crippen molar-refractivity contribution in [2.45, 2.75) is 0 Å². The van der Waals surface area contributed by atoms with Gasteiger partial charge in [0.2, 0.25) is 5.88 Å². The van der Waals surface area contributed by atoms with Gasteiger partial charge >= 0.3 is 5.97 Å². The van der Waals surface area contributed by atoms with E-state index in [0.29, 0.717) is 16.1 Å². The first-order valence-electron chi connectivity index (χ1n) is 4.74. The molecule has 18 heavy (non-hydrogen) atoms. The number of carboxylic acid groups (broad SMARTS) is 1. The van der Waals surface area contributed by atoms with E-state index < -0.39 is 5.97 Å². The first-order chi connectivity index (χ1) is 8.58. The summed E-state index contributed by atoms with van der Waals surface area (Å²) in [6.45, 7) is 0. The lowest BCUT2D eigenvalue weighted by Gasteiger charge is -2.08. The second-order valence-electron chi connectivity index (χ2n) is 3.23. The smallest absolute Gasteiger partial charge is 0.335 e. The van der Waals surface area contributed by atoms with Crippen molar-refractivity contribution in [3.8, 4) is 11.6 Å². The van der Waals surface area contributed by atoms with E-state index in [-0.39, 0.29) is 5.56 Å². The molecule has 2 aromatic rings. The van der Waals surface area contributed by atoms with E-state index >= 15 is 0 Å². The normalized spacial score (nSPS) is 10.1. The summed E-state index contributed by atoms with van der Waals surface area (Å²) in [6.07, 6.45) is 2.98. The van der Waals surface area contributed by atoms with Gasteiger partial charge in [-0.15, -0.1) is 0 Å². The lowest BCUT2D eigenvalue weighted by atomic mass is 10.2. The zero-order valence-electron chi connectivity index (χ0n) is 8.80. The number of halogens is 2. The lowest BCUT2D eigenvalue weighted by molar-refractivity contribution is 0.0696. The standard InChI is InChI=1S/C11H6BrIN2O3/c12-7-2-1-6(11(16)17)3-9(7)18-10-8(13)4-14-5-15-10/h1-5H,(H,16,17). The molecule has 2 rings (SSSR count). The third kappa shape index (κ3) is 2.96. The number of carboxylic acids is 1. The van der Waals surface area contributed by atoms with Crippen molar-refractivity contribution in [2.75, 3.05) is 0 Å². The van der Waals surface area contributed by atoms with E-state index in [2.05, 4.69) is 25.9 Å². The molecule has 1 aromatic carbocycles. The summed E-state index contributed by atoms with van der Waals surface area (Å²) in [5.41, 5.74) is 0.150. The highest BCUT2D eigenvalue weighted by Gasteiger charge is 2.11. The van der Waals surface area contributed by atoms with Crippen LogP contribution in [-0.2, 0) is 0 Å². The lowest BCUT2D eigenvalue weighted by Crippen LogP contribution is -1.98. The van der Waals surface area contributed by atoms with E-state index in [1.54, 1.807) is 12.3 Å². The number of hydrogen-bond acceptors (Lipinski definition) is 4. The maximum Gasteiger partial charge on any atom is 0.335 e. The van der Waals surface area contributed by atoms with Crippen molar-refractivity contribution < 1.29 is 14.6 Å². The van der Waals surface area contributed by atoms with Gasteiger partial charge in [-0.1, -0.05) is 0 Å². The summed E-state index contributed by atoms with van der Waals surface area (Å²) in [5.74, 6) is -0.231. The fraction of sp³-hybridized carbons (Fsp3) is 0. The summed E-state index contributed by atoms with van der Waals surface area (Å²) < 4.78 is 6.96. The largest absolute Gasteiger partial charge is 0.478 e. The predicted molar refractivity (Wildman–Crippen MR) is 75.9 cm³/mol. The van der Waals surface area contributed by atoms with Gasteiger partial charge in [-0.25, -0.2) is 14.8 Å². The zero-order chi connectivity index (χ0) is 13.1. The van der Waals surface area contributed by atoms with Crippen molar-refractivity contribution in [3.05, 3.63) is 44.3 Å². The fourth-order valence-electron chi connectivity index (χ4n) is 1.20. The Bertz CT molecular complexity index is 607. The first-order valence-corrected chi connectivity index (χ1v) is 6.61. The van der Waals surface area contributed by atoms with Crippen LogP contribution in [0, 0.1) is 3.57 Å². The van der Waals surface area contributed by atoms with Gasteiger partial charge in [0.25, 0.3) is 0 Å². The minimum atomic E-state index is -1.01. The Morgan fingerprint density at radius 3 is 2.89 bits per heavy atom. The number of rotatable bonds is 3. The van der Waals surface area contributed by atoms with Crippen LogP contribution < -0.4 is 4.74 Å². The number of hydrogen-bond donors (Lipinski definition) is 1. The van der Waals surface area contributed by atoms with Crippen LogP contribution in [0.4, 0.5) is 0 Å². The fourth-order valence-corrected chi connectivity index (χ4v) is 1.93. The minimum absolute atomic E-state index is 0.150. The van der Waals surface area contributed by atoms with Crippen LogP contribution >= 0.6 is 38.5 Å². The number of benzene rings is 1. The summed E-state index contributed by atoms with van der Waals surface area (Å²) in [4.78, 5) is 18.7. The predicted octanol–water partition coefficient (Wildman–Crippen LogP) is 3.33. The maximum absolute atomic E-state index is 10.9. The van der Waals surface area contributed by atoms with Crippen molar-refractivity contribution in [1.82, 2.24) is 9.97 Å². The Balaban J connectivity index is 2.37. The average molecular weight is 421 g/mol. The molecule has 7 heteroatoms. The molecule has 1 N–H and O–H groups in total. The summed E-state index contributed by atoms with van der Waals surface area (Å²) in [5, 5.41) is 8.92. The highest BCUT2D eigenvalue weighted by molar-refractivity contribution is 14.1. The highest BCUT2D eigenvalue weighted by atomic mass is 127.